The van der Waals surface area contributed by atoms with Gasteiger partial charge in [-0.15, -0.1) is 0 Å². The molecule has 1 fully saturated rings. The number of nitrogens with zero attached hydrogens (tertiary/aromatic N) is 4. The highest BCUT2D eigenvalue weighted by Crippen LogP contribution is 2.34. The van der Waals surface area contributed by atoms with Crippen molar-refractivity contribution in [1.29, 1.82) is 5.26 Å². The molecule has 0 unspecified atom stereocenters. The van der Waals surface area contributed by atoms with Gasteiger partial charge in [-0.25, -0.2) is 18.4 Å². The summed E-state index contributed by atoms with van der Waals surface area (Å²) < 4.78 is 30.3. The Labute approximate surface area is 184 Å². The Hall–Kier alpha value is -4.03. The second-order valence-corrected chi connectivity index (χ2v) is 9.75. The lowest BCUT2D eigenvalue weighted by molar-refractivity contribution is 0.434. The van der Waals surface area contributed by atoms with Crippen molar-refractivity contribution >= 4 is 15.7 Å². The van der Waals surface area contributed by atoms with Crippen molar-refractivity contribution < 1.29 is 12.9 Å². The molecule has 5 rings (SSSR count). The Morgan fingerprint density at radius 1 is 1.00 bits per heavy atom. The number of hydrogen-bond donors (Lipinski definition) is 1. The van der Waals surface area contributed by atoms with Crippen molar-refractivity contribution in [2.45, 2.75) is 23.0 Å². The molecule has 2 heterocycles. The van der Waals surface area contributed by atoms with E-state index in [4.69, 9.17) is 15.5 Å². The van der Waals surface area contributed by atoms with Gasteiger partial charge in [0, 0.05) is 17.2 Å². The molecule has 2 N–H and O–H groups in total. The van der Waals surface area contributed by atoms with Gasteiger partial charge in [-0.2, -0.15) is 5.26 Å². The fraction of sp³-hybridized carbons (Fsp3) is 0.130. The molecule has 2 aromatic heterocycles. The number of aromatic nitrogens is 3. The summed E-state index contributed by atoms with van der Waals surface area (Å²) in [6, 6.07) is 17.4. The Bertz CT molecular complexity index is 1450. The zero-order valence-electron chi connectivity index (χ0n) is 16.8. The summed E-state index contributed by atoms with van der Waals surface area (Å²) in [6.07, 6.45) is 2.97. The quantitative estimate of drug-likeness (QED) is 0.491. The minimum absolute atomic E-state index is 0.184. The fourth-order valence-electron chi connectivity index (χ4n) is 3.34. The third kappa shape index (κ3) is 3.61. The summed E-state index contributed by atoms with van der Waals surface area (Å²) in [6.45, 7) is 0. The second kappa shape index (κ2) is 7.59. The zero-order valence-corrected chi connectivity index (χ0v) is 17.6. The normalized spacial score (nSPS) is 13.6. The maximum absolute atomic E-state index is 12.4. The van der Waals surface area contributed by atoms with Gasteiger partial charge in [0.25, 0.3) is 0 Å². The lowest BCUT2D eigenvalue weighted by atomic mass is 10.1. The predicted octanol–water partition coefficient (Wildman–Crippen LogP) is 3.86. The SMILES string of the molecule is N#Cc1ccc(-c2cc(-c3nc(-c4ccc(S(=O)(=O)C5CC5)cc4)cnc3N)on2)cc1. The minimum Gasteiger partial charge on any atom is -0.382 e. The standard InChI is InChI=1S/C23H17N5O3S/c24-12-14-1-3-15(4-2-14)19-11-21(31-28-19)22-23(25)26-13-20(27-22)16-5-7-17(8-6-16)32(29,30)18-9-10-18/h1-8,11,13,18H,9-10H2,(H2,25,26). The molecule has 158 valence electrons. The molecular weight excluding hydrogens is 426 g/mol. The number of nitrogen functional groups attached to an aromatic ring is 1. The van der Waals surface area contributed by atoms with Crippen LogP contribution in [0.25, 0.3) is 34.0 Å². The number of rotatable bonds is 5. The summed E-state index contributed by atoms with van der Waals surface area (Å²) >= 11 is 0. The monoisotopic (exact) mass is 443 g/mol. The minimum atomic E-state index is -3.25. The maximum Gasteiger partial charge on any atom is 0.189 e. The van der Waals surface area contributed by atoms with E-state index in [-0.39, 0.29) is 11.1 Å². The molecule has 0 spiro atoms. The topological polar surface area (TPSA) is 136 Å². The molecule has 0 bridgehead atoms. The summed E-state index contributed by atoms with van der Waals surface area (Å²) in [4.78, 5) is 9.11. The number of anilines is 1. The number of benzene rings is 2. The molecular formula is C23H17N5O3S. The van der Waals surface area contributed by atoms with E-state index >= 15 is 0 Å². The average molecular weight is 443 g/mol. The first-order chi connectivity index (χ1) is 15.5. The summed E-state index contributed by atoms with van der Waals surface area (Å²) in [5.74, 6) is 0.536. The zero-order chi connectivity index (χ0) is 22.3. The first kappa shape index (κ1) is 19.9. The third-order valence-electron chi connectivity index (χ3n) is 5.30. The number of nitriles is 1. The molecule has 32 heavy (non-hydrogen) atoms. The highest BCUT2D eigenvalue weighted by atomic mass is 32.2. The molecule has 1 saturated carbocycles. The molecule has 2 aromatic carbocycles. The highest BCUT2D eigenvalue weighted by Gasteiger charge is 2.36. The maximum atomic E-state index is 12.4. The van der Waals surface area contributed by atoms with E-state index < -0.39 is 9.84 Å². The highest BCUT2D eigenvalue weighted by molar-refractivity contribution is 7.92. The first-order valence-corrected chi connectivity index (χ1v) is 11.4. The molecule has 0 aliphatic heterocycles. The van der Waals surface area contributed by atoms with Gasteiger partial charge in [0.1, 0.15) is 5.69 Å². The van der Waals surface area contributed by atoms with Crippen molar-refractivity contribution in [1.82, 2.24) is 15.1 Å². The Balaban J connectivity index is 1.45. The van der Waals surface area contributed by atoms with Crippen LogP contribution in [0.3, 0.4) is 0 Å². The largest absolute Gasteiger partial charge is 0.382 e. The van der Waals surface area contributed by atoms with Crippen LogP contribution in [0.2, 0.25) is 0 Å². The van der Waals surface area contributed by atoms with Crippen LogP contribution >= 0.6 is 0 Å². The molecule has 8 nitrogen and oxygen atoms in total. The lowest BCUT2D eigenvalue weighted by Crippen LogP contribution is -2.06. The van der Waals surface area contributed by atoms with Crippen LogP contribution in [0.15, 0.2) is 70.2 Å². The van der Waals surface area contributed by atoms with Crippen LogP contribution in [-0.2, 0) is 9.84 Å². The van der Waals surface area contributed by atoms with Gasteiger partial charge >= 0.3 is 0 Å². The molecule has 9 heteroatoms. The van der Waals surface area contributed by atoms with Crippen LogP contribution < -0.4 is 5.73 Å². The Morgan fingerprint density at radius 3 is 2.31 bits per heavy atom. The smallest absolute Gasteiger partial charge is 0.189 e. The third-order valence-corrected chi connectivity index (χ3v) is 7.57. The predicted molar refractivity (Wildman–Crippen MR) is 118 cm³/mol. The van der Waals surface area contributed by atoms with Crippen molar-refractivity contribution in [3.8, 4) is 40.0 Å². The van der Waals surface area contributed by atoms with Crippen LogP contribution in [0.5, 0.6) is 0 Å². The molecule has 0 saturated heterocycles. The van der Waals surface area contributed by atoms with Gasteiger partial charge in [-0.3, -0.25) is 0 Å². The van der Waals surface area contributed by atoms with Gasteiger partial charge in [-0.05, 0) is 37.1 Å². The van der Waals surface area contributed by atoms with Gasteiger partial charge in [-0.1, -0.05) is 29.4 Å². The lowest BCUT2D eigenvalue weighted by Gasteiger charge is -2.07. The van der Waals surface area contributed by atoms with E-state index in [0.29, 0.717) is 38.9 Å². The fourth-order valence-corrected chi connectivity index (χ4v) is 5.00. The van der Waals surface area contributed by atoms with E-state index in [1.807, 2.05) is 0 Å². The van der Waals surface area contributed by atoms with E-state index in [2.05, 4.69) is 21.2 Å². The molecule has 0 radical (unpaired) electrons. The average Bonchev–Trinajstić information content (AvgIpc) is 3.58. The molecule has 4 aromatic rings. The molecule has 0 atom stereocenters. The van der Waals surface area contributed by atoms with Gasteiger partial charge < -0.3 is 10.3 Å². The van der Waals surface area contributed by atoms with Crippen LogP contribution in [0, 0.1) is 11.3 Å². The van der Waals surface area contributed by atoms with Gasteiger partial charge in [0.2, 0.25) is 0 Å². The molecule has 0 amide bonds. The number of sulfone groups is 1. The van der Waals surface area contributed by atoms with E-state index in [9.17, 15) is 8.42 Å². The van der Waals surface area contributed by atoms with Gasteiger partial charge in [0.05, 0.1) is 33.7 Å². The van der Waals surface area contributed by atoms with Crippen molar-refractivity contribution in [2.75, 3.05) is 5.73 Å². The van der Waals surface area contributed by atoms with E-state index in [1.54, 1.807) is 54.6 Å². The Morgan fingerprint density at radius 2 is 1.66 bits per heavy atom. The molecule has 1 aliphatic rings. The van der Waals surface area contributed by atoms with Crippen LogP contribution in [0.1, 0.15) is 18.4 Å². The van der Waals surface area contributed by atoms with Gasteiger partial charge in [0.15, 0.2) is 27.1 Å². The number of nitrogens with two attached hydrogens (primary N) is 1. The summed E-state index contributed by atoms with van der Waals surface area (Å²) in [5.41, 5.74) is 9.52. The van der Waals surface area contributed by atoms with E-state index in [0.717, 1.165) is 18.4 Å². The number of hydrogen-bond acceptors (Lipinski definition) is 8. The van der Waals surface area contributed by atoms with E-state index in [1.165, 1.54) is 6.20 Å². The summed E-state index contributed by atoms with van der Waals surface area (Å²) in [5, 5.41) is 12.8. The first-order valence-electron chi connectivity index (χ1n) is 9.90. The second-order valence-electron chi connectivity index (χ2n) is 7.52. The van der Waals surface area contributed by atoms with Crippen molar-refractivity contribution in [3.63, 3.8) is 0 Å². The summed E-state index contributed by atoms with van der Waals surface area (Å²) in [7, 11) is -3.25. The van der Waals surface area contributed by atoms with Crippen molar-refractivity contribution in [3.05, 3.63) is 66.4 Å². The van der Waals surface area contributed by atoms with Crippen LogP contribution in [0.4, 0.5) is 5.82 Å². The Kier molecular flexibility index (Phi) is 4.72. The van der Waals surface area contributed by atoms with Crippen LogP contribution in [-0.4, -0.2) is 28.8 Å². The van der Waals surface area contributed by atoms with Crippen molar-refractivity contribution in [2.24, 2.45) is 0 Å². The molecule has 1 aliphatic carbocycles.